The first kappa shape index (κ1) is 53.1. The smallest absolute Gasteiger partial charge is 0.220 e. The van der Waals surface area contributed by atoms with Crippen molar-refractivity contribution in [1.29, 1.82) is 0 Å². The number of rotatable bonds is 46. The van der Waals surface area contributed by atoms with Gasteiger partial charge in [-0.3, -0.25) is 4.79 Å². The molecular formula is C50H99NO3. The monoisotopic (exact) mass is 762 g/mol. The third kappa shape index (κ3) is 42.3. The van der Waals surface area contributed by atoms with E-state index in [1.807, 2.05) is 0 Å². The van der Waals surface area contributed by atoms with Crippen molar-refractivity contribution in [1.82, 2.24) is 5.32 Å². The molecule has 0 bridgehead atoms. The molecule has 3 N–H and O–H groups in total. The number of aliphatic hydroxyl groups excluding tert-OH is 2. The Bertz CT molecular complexity index is 739. The maximum Gasteiger partial charge on any atom is 0.220 e. The van der Waals surface area contributed by atoms with Gasteiger partial charge in [-0.05, 0) is 38.5 Å². The summed E-state index contributed by atoms with van der Waals surface area (Å²) in [5.41, 5.74) is 0. The largest absolute Gasteiger partial charge is 0.394 e. The number of hydrogen-bond donors (Lipinski definition) is 3. The summed E-state index contributed by atoms with van der Waals surface area (Å²) in [7, 11) is 0. The van der Waals surface area contributed by atoms with E-state index >= 15 is 0 Å². The van der Waals surface area contributed by atoms with Crippen molar-refractivity contribution in [2.45, 2.75) is 296 Å². The van der Waals surface area contributed by atoms with Crippen molar-refractivity contribution in [3.8, 4) is 0 Å². The van der Waals surface area contributed by atoms with E-state index in [0.717, 1.165) is 25.7 Å². The lowest BCUT2D eigenvalue weighted by molar-refractivity contribution is -0.123. The zero-order chi connectivity index (χ0) is 39.3. The average molecular weight is 762 g/mol. The third-order valence-electron chi connectivity index (χ3n) is 11.8. The van der Waals surface area contributed by atoms with Gasteiger partial charge in [0.05, 0.1) is 18.8 Å². The van der Waals surface area contributed by atoms with Crippen molar-refractivity contribution >= 4 is 5.91 Å². The van der Waals surface area contributed by atoms with Crippen molar-refractivity contribution in [2.24, 2.45) is 0 Å². The van der Waals surface area contributed by atoms with Crippen LogP contribution in [-0.2, 0) is 4.79 Å². The maximum atomic E-state index is 12.4. The fraction of sp³-hybridized carbons (Fsp3) is 0.940. The van der Waals surface area contributed by atoms with E-state index in [9.17, 15) is 15.0 Å². The van der Waals surface area contributed by atoms with E-state index in [2.05, 4.69) is 31.3 Å². The first-order valence-corrected chi connectivity index (χ1v) is 24.9. The summed E-state index contributed by atoms with van der Waals surface area (Å²) in [6, 6.07) is -0.535. The summed E-state index contributed by atoms with van der Waals surface area (Å²) in [6.07, 6.45) is 58.8. The minimum absolute atomic E-state index is 0.0318. The zero-order valence-electron chi connectivity index (χ0n) is 37.0. The molecule has 2 unspecified atom stereocenters. The van der Waals surface area contributed by atoms with Crippen LogP contribution in [0.5, 0.6) is 0 Å². The molecule has 0 saturated heterocycles. The Labute approximate surface area is 339 Å². The molecule has 0 heterocycles. The van der Waals surface area contributed by atoms with Gasteiger partial charge >= 0.3 is 0 Å². The quantitative estimate of drug-likeness (QED) is 0.0427. The summed E-state index contributed by atoms with van der Waals surface area (Å²) < 4.78 is 0. The predicted molar refractivity (Wildman–Crippen MR) is 239 cm³/mol. The topological polar surface area (TPSA) is 69.6 Å². The summed E-state index contributed by atoms with van der Waals surface area (Å²) in [4.78, 5) is 12.4. The van der Waals surface area contributed by atoms with Gasteiger partial charge in [-0.1, -0.05) is 251 Å². The van der Waals surface area contributed by atoms with E-state index < -0.39 is 12.1 Å². The molecule has 0 aromatic carbocycles. The van der Waals surface area contributed by atoms with Crippen LogP contribution < -0.4 is 5.32 Å². The Balaban J connectivity index is 3.44. The van der Waals surface area contributed by atoms with Crippen LogP contribution in [0.25, 0.3) is 0 Å². The first-order chi connectivity index (χ1) is 26.7. The second kappa shape index (κ2) is 46.5. The van der Waals surface area contributed by atoms with Crippen LogP contribution in [0.2, 0.25) is 0 Å². The SMILES string of the molecule is CCCCCCCC/C=C\CCCCCCCCCC(=O)NC(CO)C(O)CCCCCCCCCCCCCCCCCCCCCCCCCCC. The van der Waals surface area contributed by atoms with Gasteiger partial charge in [0, 0.05) is 6.42 Å². The molecule has 0 aromatic rings. The Morgan fingerprint density at radius 2 is 0.704 bits per heavy atom. The number of aliphatic hydroxyl groups is 2. The fourth-order valence-electron chi connectivity index (χ4n) is 7.95. The van der Waals surface area contributed by atoms with E-state index in [4.69, 9.17) is 0 Å². The molecule has 0 aliphatic carbocycles. The van der Waals surface area contributed by atoms with Gasteiger partial charge in [0.15, 0.2) is 0 Å². The van der Waals surface area contributed by atoms with E-state index in [1.54, 1.807) is 0 Å². The Hall–Kier alpha value is -0.870. The molecule has 0 saturated carbocycles. The van der Waals surface area contributed by atoms with Crippen LogP contribution in [0, 0.1) is 0 Å². The number of nitrogens with one attached hydrogen (secondary N) is 1. The number of allylic oxidation sites excluding steroid dienone is 2. The van der Waals surface area contributed by atoms with Crippen LogP contribution >= 0.6 is 0 Å². The number of unbranched alkanes of at least 4 members (excludes halogenated alkanes) is 37. The first-order valence-electron chi connectivity index (χ1n) is 24.9. The van der Waals surface area contributed by atoms with Crippen molar-refractivity contribution in [3.63, 3.8) is 0 Å². The Kier molecular flexibility index (Phi) is 45.8. The Morgan fingerprint density at radius 3 is 1.02 bits per heavy atom. The van der Waals surface area contributed by atoms with Crippen molar-refractivity contribution in [3.05, 3.63) is 12.2 Å². The molecule has 2 atom stereocenters. The summed E-state index contributed by atoms with van der Waals surface area (Å²) in [5, 5.41) is 23.3. The van der Waals surface area contributed by atoms with Gasteiger partial charge in [-0.15, -0.1) is 0 Å². The molecule has 0 aromatic heterocycles. The highest BCUT2D eigenvalue weighted by atomic mass is 16.3. The van der Waals surface area contributed by atoms with Gasteiger partial charge in [-0.25, -0.2) is 0 Å². The molecule has 322 valence electrons. The van der Waals surface area contributed by atoms with E-state index in [-0.39, 0.29) is 12.5 Å². The van der Waals surface area contributed by atoms with Crippen LogP contribution in [0.15, 0.2) is 12.2 Å². The number of amides is 1. The minimum Gasteiger partial charge on any atom is -0.394 e. The molecular weight excluding hydrogens is 663 g/mol. The lowest BCUT2D eigenvalue weighted by Gasteiger charge is -2.22. The molecule has 4 heteroatoms. The highest BCUT2D eigenvalue weighted by Crippen LogP contribution is 2.17. The van der Waals surface area contributed by atoms with Gasteiger partial charge in [0.2, 0.25) is 5.91 Å². The van der Waals surface area contributed by atoms with E-state index in [0.29, 0.717) is 12.8 Å². The van der Waals surface area contributed by atoms with Crippen LogP contribution in [0.1, 0.15) is 284 Å². The molecule has 0 rings (SSSR count). The summed E-state index contributed by atoms with van der Waals surface area (Å²) in [5.74, 6) is -0.0318. The van der Waals surface area contributed by atoms with Gasteiger partial charge in [0.25, 0.3) is 0 Å². The second-order valence-electron chi connectivity index (χ2n) is 17.2. The molecule has 0 aliphatic rings. The van der Waals surface area contributed by atoms with Crippen LogP contribution in [0.4, 0.5) is 0 Å². The highest BCUT2D eigenvalue weighted by molar-refractivity contribution is 5.76. The molecule has 54 heavy (non-hydrogen) atoms. The van der Waals surface area contributed by atoms with Crippen molar-refractivity contribution < 1.29 is 15.0 Å². The normalized spacial score (nSPS) is 12.9. The minimum atomic E-state index is -0.658. The van der Waals surface area contributed by atoms with Crippen LogP contribution in [-0.4, -0.2) is 34.9 Å². The molecule has 1 amide bonds. The Morgan fingerprint density at radius 1 is 0.426 bits per heavy atom. The highest BCUT2D eigenvalue weighted by Gasteiger charge is 2.20. The van der Waals surface area contributed by atoms with Crippen molar-refractivity contribution in [2.75, 3.05) is 6.61 Å². The lowest BCUT2D eigenvalue weighted by Crippen LogP contribution is -2.45. The van der Waals surface area contributed by atoms with Gasteiger partial charge < -0.3 is 15.5 Å². The fourth-order valence-corrected chi connectivity index (χ4v) is 7.95. The standard InChI is InChI=1S/C50H99NO3/c1-3-5-7-9-11-13-15-17-19-21-22-23-24-25-26-27-28-30-31-33-35-37-39-41-43-45-49(53)48(47-52)51-50(54)46-44-42-40-38-36-34-32-29-20-18-16-14-12-10-8-6-4-2/h18,20,48-49,52-53H,3-17,19,21-47H2,1-2H3,(H,51,54)/b20-18-. The summed E-state index contributed by atoms with van der Waals surface area (Å²) >= 11 is 0. The molecule has 4 nitrogen and oxygen atoms in total. The molecule has 0 aliphatic heterocycles. The van der Waals surface area contributed by atoms with E-state index in [1.165, 1.54) is 231 Å². The number of carbonyl (C=O) groups excluding carboxylic acids is 1. The predicted octanol–water partition coefficient (Wildman–Crippen LogP) is 15.8. The maximum absolute atomic E-state index is 12.4. The van der Waals surface area contributed by atoms with Crippen LogP contribution in [0.3, 0.4) is 0 Å². The second-order valence-corrected chi connectivity index (χ2v) is 17.2. The zero-order valence-corrected chi connectivity index (χ0v) is 37.0. The number of carbonyl (C=O) groups is 1. The molecule has 0 spiro atoms. The summed E-state index contributed by atoms with van der Waals surface area (Å²) in [6.45, 7) is 4.38. The number of hydrogen-bond acceptors (Lipinski definition) is 3. The molecule has 0 radical (unpaired) electrons. The van der Waals surface area contributed by atoms with Gasteiger partial charge in [0.1, 0.15) is 0 Å². The molecule has 0 fully saturated rings. The average Bonchev–Trinajstić information content (AvgIpc) is 3.18. The lowest BCUT2D eigenvalue weighted by atomic mass is 10.0. The van der Waals surface area contributed by atoms with Gasteiger partial charge in [-0.2, -0.15) is 0 Å². The third-order valence-corrected chi connectivity index (χ3v) is 11.8.